The van der Waals surface area contributed by atoms with Gasteiger partial charge in [0, 0.05) is 11.7 Å². The highest BCUT2D eigenvalue weighted by atomic mass is 19.1. The summed E-state index contributed by atoms with van der Waals surface area (Å²) in [7, 11) is 0. The monoisotopic (exact) mass is 296 g/mol. The summed E-state index contributed by atoms with van der Waals surface area (Å²) in [6, 6.07) is 5.08. The molecule has 0 bridgehead atoms. The van der Waals surface area contributed by atoms with Crippen molar-refractivity contribution in [2.24, 2.45) is 5.92 Å². The number of benzene rings is 1. The first-order chi connectivity index (χ1) is 9.88. The second-order valence-electron chi connectivity index (χ2n) is 5.18. The highest BCUT2D eigenvalue weighted by Gasteiger charge is 2.12. The molecule has 21 heavy (non-hydrogen) atoms. The number of amides is 2. The van der Waals surface area contributed by atoms with E-state index in [4.69, 9.17) is 5.11 Å². The molecule has 0 heterocycles. The van der Waals surface area contributed by atoms with Crippen LogP contribution in [0.2, 0.25) is 0 Å². The lowest BCUT2D eigenvalue weighted by Gasteiger charge is -2.15. The van der Waals surface area contributed by atoms with E-state index in [1.165, 1.54) is 24.3 Å². The summed E-state index contributed by atoms with van der Waals surface area (Å²) < 4.78 is 12.7. The predicted molar refractivity (Wildman–Crippen MR) is 78.7 cm³/mol. The molecule has 0 saturated heterocycles. The summed E-state index contributed by atoms with van der Waals surface area (Å²) in [5.74, 6) is -1.53. The molecule has 0 aliphatic heterocycles. The minimum Gasteiger partial charge on any atom is -0.481 e. The summed E-state index contributed by atoms with van der Waals surface area (Å²) >= 11 is 0. The number of anilines is 1. The third-order valence-corrected chi connectivity index (χ3v) is 3.18. The van der Waals surface area contributed by atoms with Gasteiger partial charge < -0.3 is 15.7 Å². The molecule has 1 rings (SSSR count). The van der Waals surface area contributed by atoms with Crippen LogP contribution < -0.4 is 10.6 Å². The normalized spacial score (nSPS) is 13.3. The van der Waals surface area contributed by atoms with Gasteiger partial charge in [-0.1, -0.05) is 13.3 Å². The molecule has 2 amide bonds. The molecule has 0 aromatic heterocycles. The maximum atomic E-state index is 12.7. The molecule has 1 aromatic rings. The molecule has 5 nitrogen and oxygen atoms in total. The van der Waals surface area contributed by atoms with E-state index in [0.29, 0.717) is 18.5 Å². The number of nitrogens with one attached hydrogen (secondary N) is 2. The van der Waals surface area contributed by atoms with Crippen LogP contribution in [-0.4, -0.2) is 23.1 Å². The fourth-order valence-corrected chi connectivity index (χ4v) is 1.85. The second kappa shape index (κ2) is 8.24. The Hall–Kier alpha value is -2.11. The molecule has 3 N–H and O–H groups in total. The number of halogens is 1. The SMILES string of the molecule is CC(CCCC(C)C(=O)O)NC(=O)Nc1ccc(F)cc1. The van der Waals surface area contributed by atoms with Gasteiger partial charge in [-0.3, -0.25) is 4.79 Å². The fraction of sp³-hybridized carbons (Fsp3) is 0.467. The minimum absolute atomic E-state index is 0.0635. The lowest BCUT2D eigenvalue weighted by molar-refractivity contribution is -0.141. The van der Waals surface area contributed by atoms with E-state index < -0.39 is 5.97 Å². The second-order valence-corrected chi connectivity index (χ2v) is 5.18. The molecule has 0 fully saturated rings. The molecule has 1 aromatic carbocycles. The van der Waals surface area contributed by atoms with Crippen LogP contribution in [0.15, 0.2) is 24.3 Å². The fourth-order valence-electron chi connectivity index (χ4n) is 1.85. The average molecular weight is 296 g/mol. The summed E-state index contributed by atoms with van der Waals surface area (Å²) in [5, 5.41) is 14.1. The van der Waals surface area contributed by atoms with E-state index in [2.05, 4.69) is 10.6 Å². The Bertz CT molecular complexity index is 476. The van der Waals surface area contributed by atoms with Crippen molar-refractivity contribution in [1.29, 1.82) is 0 Å². The van der Waals surface area contributed by atoms with Gasteiger partial charge in [0.2, 0.25) is 0 Å². The van der Waals surface area contributed by atoms with Crippen molar-refractivity contribution in [3.05, 3.63) is 30.1 Å². The Morgan fingerprint density at radius 1 is 1.19 bits per heavy atom. The first kappa shape index (κ1) is 16.9. The summed E-state index contributed by atoms with van der Waals surface area (Å²) in [4.78, 5) is 22.4. The van der Waals surface area contributed by atoms with Crippen molar-refractivity contribution in [2.75, 3.05) is 5.32 Å². The molecule has 0 saturated carbocycles. The van der Waals surface area contributed by atoms with E-state index in [-0.39, 0.29) is 23.8 Å². The zero-order valence-corrected chi connectivity index (χ0v) is 12.2. The molecule has 0 aliphatic rings. The molecule has 0 aliphatic carbocycles. The predicted octanol–water partition coefficient (Wildman–Crippen LogP) is 3.23. The number of carbonyl (C=O) groups excluding carboxylic acids is 1. The van der Waals surface area contributed by atoms with Crippen LogP contribution in [0.5, 0.6) is 0 Å². The van der Waals surface area contributed by atoms with Gasteiger partial charge in [-0.2, -0.15) is 0 Å². The molecular weight excluding hydrogens is 275 g/mol. The van der Waals surface area contributed by atoms with Gasteiger partial charge in [0.05, 0.1) is 5.92 Å². The minimum atomic E-state index is -0.801. The number of hydrogen-bond acceptors (Lipinski definition) is 2. The van der Waals surface area contributed by atoms with Gasteiger partial charge in [0.15, 0.2) is 0 Å². The van der Waals surface area contributed by atoms with Gasteiger partial charge >= 0.3 is 12.0 Å². The third kappa shape index (κ3) is 6.74. The van der Waals surface area contributed by atoms with Crippen LogP contribution in [0, 0.1) is 11.7 Å². The number of aliphatic carboxylic acids is 1. The Balaban J connectivity index is 2.27. The topological polar surface area (TPSA) is 78.4 Å². The lowest BCUT2D eigenvalue weighted by Crippen LogP contribution is -2.36. The average Bonchev–Trinajstić information content (AvgIpc) is 2.41. The summed E-state index contributed by atoms with van der Waals surface area (Å²) in [6.45, 7) is 3.53. The van der Waals surface area contributed by atoms with Gasteiger partial charge in [-0.05, 0) is 44.0 Å². The smallest absolute Gasteiger partial charge is 0.319 e. The third-order valence-electron chi connectivity index (χ3n) is 3.18. The Labute approximate surface area is 123 Å². The van der Waals surface area contributed by atoms with E-state index in [9.17, 15) is 14.0 Å². The van der Waals surface area contributed by atoms with Crippen LogP contribution in [0.4, 0.5) is 14.9 Å². The van der Waals surface area contributed by atoms with E-state index in [1.54, 1.807) is 6.92 Å². The van der Waals surface area contributed by atoms with Gasteiger partial charge in [0.25, 0.3) is 0 Å². The maximum absolute atomic E-state index is 12.7. The van der Waals surface area contributed by atoms with Crippen LogP contribution in [0.25, 0.3) is 0 Å². The lowest BCUT2D eigenvalue weighted by atomic mass is 10.0. The van der Waals surface area contributed by atoms with Crippen molar-refractivity contribution < 1.29 is 19.1 Å². The first-order valence-corrected chi connectivity index (χ1v) is 6.94. The number of hydrogen-bond donors (Lipinski definition) is 3. The largest absolute Gasteiger partial charge is 0.481 e. The highest BCUT2D eigenvalue weighted by molar-refractivity contribution is 5.89. The van der Waals surface area contributed by atoms with Crippen molar-refractivity contribution >= 4 is 17.7 Å². The Morgan fingerprint density at radius 2 is 1.81 bits per heavy atom. The molecule has 116 valence electrons. The maximum Gasteiger partial charge on any atom is 0.319 e. The van der Waals surface area contributed by atoms with Crippen LogP contribution in [0.1, 0.15) is 33.1 Å². The first-order valence-electron chi connectivity index (χ1n) is 6.94. The number of urea groups is 1. The van der Waals surface area contributed by atoms with Crippen molar-refractivity contribution in [2.45, 2.75) is 39.2 Å². The highest BCUT2D eigenvalue weighted by Crippen LogP contribution is 2.10. The summed E-state index contributed by atoms with van der Waals surface area (Å²) in [6.07, 6.45) is 2.01. The zero-order chi connectivity index (χ0) is 15.8. The van der Waals surface area contributed by atoms with Gasteiger partial charge in [-0.25, -0.2) is 9.18 Å². The van der Waals surface area contributed by atoms with E-state index >= 15 is 0 Å². The molecule has 6 heteroatoms. The Morgan fingerprint density at radius 3 is 2.38 bits per heavy atom. The number of rotatable bonds is 7. The molecule has 0 radical (unpaired) electrons. The van der Waals surface area contributed by atoms with Crippen molar-refractivity contribution in [3.8, 4) is 0 Å². The Kier molecular flexibility index (Phi) is 6.65. The van der Waals surface area contributed by atoms with Crippen LogP contribution >= 0.6 is 0 Å². The van der Waals surface area contributed by atoms with E-state index in [0.717, 1.165) is 6.42 Å². The van der Waals surface area contributed by atoms with Crippen LogP contribution in [-0.2, 0) is 4.79 Å². The summed E-state index contributed by atoms with van der Waals surface area (Å²) in [5.41, 5.74) is 0.514. The van der Waals surface area contributed by atoms with Crippen LogP contribution in [0.3, 0.4) is 0 Å². The number of carboxylic acids is 1. The molecule has 2 atom stereocenters. The quantitative estimate of drug-likeness (QED) is 0.723. The van der Waals surface area contributed by atoms with Gasteiger partial charge in [0.1, 0.15) is 5.82 Å². The van der Waals surface area contributed by atoms with E-state index in [1.807, 2.05) is 6.92 Å². The standard InChI is InChI=1S/C15H21FN2O3/c1-10(14(19)20)4-3-5-11(2)17-15(21)18-13-8-6-12(16)7-9-13/h6-11H,3-5H2,1-2H3,(H,19,20)(H2,17,18,21). The number of carbonyl (C=O) groups is 2. The molecule has 0 spiro atoms. The van der Waals surface area contributed by atoms with Crippen molar-refractivity contribution in [3.63, 3.8) is 0 Å². The molecule has 2 unspecified atom stereocenters. The number of carboxylic acid groups (broad SMARTS) is 1. The van der Waals surface area contributed by atoms with Gasteiger partial charge in [-0.15, -0.1) is 0 Å². The van der Waals surface area contributed by atoms with Crippen molar-refractivity contribution in [1.82, 2.24) is 5.32 Å². The molecular formula is C15H21FN2O3. The zero-order valence-electron chi connectivity index (χ0n) is 12.2.